The Balaban J connectivity index is 0.706. The number of aliphatic hydroxyl groups excluding tert-OH is 1. The minimum atomic E-state index is -2.00. The molecule has 6 unspecified atom stereocenters. The molecule has 0 saturated heterocycles. The van der Waals surface area contributed by atoms with E-state index >= 15 is 4.39 Å². The van der Waals surface area contributed by atoms with Gasteiger partial charge in [0.25, 0.3) is 11.8 Å². The van der Waals surface area contributed by atoms with Gasteiger partial charge in [0.15, 0.2) is 34.0 Å². The van der Waals surface area contributed by atoms with Crippen LogP contribution in [0.25, 0.3) is 11.2 Å². The van der Waals surface area contributed by atoms with Crippen molar-refractivity contribution in [2.45, 2.75) is 134 Å². The van der Waals surface area contributed by atoms with Gasteiger partial charge >= 0.3 is 5.97 Å². The predicted molar refractivity (Wildman–Crippen MR) is 278 cm³/mol. The molecule has 2 amide bonds. The number of nitrogen functional groups attached to an aromatic ring is 2. The number of ketones is 1. The summed E-state index contributed by atoms with van der Waals surface area (Å²) in [6.07, 6.45) is 15.6. The molecule has 0 spiro atoms. The third-order valence-electron chi connectivity index (χ3n) is 16.1. The van der Waals surface area contributed by atoms with Crippen molar-refractivity contribution in [3.05, 3.63) is 65.5 Å². The van der Waals surface area contributed by atoms with Crippen LogP contribution in [0.15, 0.2) is 54.3 Å². The second kappa shape index (κ2) is 22.9. The van der Waals surface area contributed by atoms with E-state index in [1.165, 1.54) is 31.4 Å². The van der Waals surface area contributed by atoms with Crippen LogP contribution >= 0.6 is 23.5 Å². The van der Waals surface area contributed by atoms with E-state index < -0.39 is 63.9 Å². The van der Waals surface area contributed by atoms with E-state index in [-0.39, 0.29) is 29.9 Å². The lowest BCUT2D eigenvalue weighted by atomic mass is 9.44. The SMILES string of the molecule is C[C@@H]1CC2C3CCC4=CC(=O)C=C[C@]4(C)C3(F)C(O)C[C@]2(C)C1(O)C(=O)NCCSCCCCCCCCCCSCCC(NC(=O)c1ccc(N(C)Cc2cnc3nc(N)nc(N)c3n2)cc1)C(=O)O. The number of rotatable bonds is 24. The van der Waals surface area contributed by atoms with Crippen molar-refractivity contribution in [1.29, 1.82) is 0 Å². The minimum absolute atomic E-state index is 0.0258. The summed E-state index contributed by atoms with van der Waals surface area (Å²) in [4.78, 5) is 69.7. The molecule has 9 atom stereocenters. The standard InChI is InChI=1S/C52H72FN9O7S2/c1-32-27-39-38-18-15-34-28-37(63)19-21-49(34,2)51(38,53)41(64)29-50(39,3)52(32,69)47(68)56-22-26-71-24-12-10-8-6-5-7-9-11-23-70-25-20-40(46(66)67)59-45(65)33-13-16-36(17-14-33)62(4)31-35-30-57-44-42(58-35)43(54)60-48(55)61-44/h13-14,16-17,19,21,28,30,32,38-41,64,69H,5-12,15,18,20,22-27,29,31H2,1-4H3,(H,56,68)(H,59,65)(H,66,67)(H4,54,55,57,60,61)/t32-,38?,39?,40?,41?,49+,50+,51?,52?/m1/s1. The van der Waals surface area contributed by atoms with Crippen molar-refractivity contribution >= 4 is 75.7 Å². The van der Waals surface area contributed by atoms with Crippen LogP contribution < -0.4 is 27.0 Å². The Hall–Kier alpha value is -4.85. The Labute approximate surface area is 424 Å². The molecule has 2 heterocycles. The first kappa shape index (κ1) is 53.9. The number of aromatic nitrogens is 4. The van der Waals surface area contributed by atoms with E-state index in [9.17, 15) is 34.5 Å². The Morgan fingerprint density at radius 1 is 0.944 bits per heavy atom. The molecule has 71 heavy (non-hydrogen) atoms. The highest BCUT2D eigenvalue weighted by atomic mass is 32.2. The monoisotopic (exact) mass is 1020 g/mol. The fourth-order valence-electron chi connectivity index (χ4n) is 12.0. The number of hydrogen-bond donors (Lipinski definition) is 7. The van der Waals surface area contributed by atoms with Gasteiger partial charge in [-0.2, -0.15) is 33.5 Å². The fourth-order valence-corrected chi connectivity index (χ4v) is 13.9. The van der Waals surface area contributed by atoms with Crippen molar-refractivity contribution in [3.8, 4) is 0 Å². The van der Waals surface area contributed by atoms with Crippen LogP contribution in [-0.4, -0.2) is 119 Å². The number of amides is 2. The minimum Gasteiger partial charge on any atom is -0.480 e. The van der Waals surface area contributed by atoms with Crippen molar-refractivity contribution < 1.29 is 38.9 Å². The van der Waals surface area contributed by atoms with Crippen LogP contribution in [0.3, 0.4) is 0 Å². The van der Waals surface area contributed by atoms with E-state index in [4.69, 9.17) is 11.5 Å². The second-order valence-electron chi connectivity index (χ2n) is 20.5. The van der Waals surface area contributed by atoms with E-state index in [1.807, 2.05) is 25.8 Å². The highest BCUT2D eigenvalue weighted by Gasteiger charge is 2.75. The number of hydrogen-bond acceptors (Lipinski definition) is 15. The van der Waals surface area contributed by atoms with Crippen molar-refractivity contribution in [2.75, 3.05) is 53.0 Å². The first-order chi connectivity index (χ1) is 33.8. The topological polar surface area (TPSA) is 260 Å². The van der Waals surface area contributed by atoms with Crippen LogP contribution in [0.4, 0.5) is 21.8 Å². The van der Waals surface area contributed by atoms with E-state index in [0.717, 1.165) is 55.1 Å². The molecule has 0 aliphatic heterocycles. The molecule has 19 heteroatoms. The number of unbranched alkanes of at least 4 members (excludes halogenated alkanes) is 7. The van der Waals surface area contributed by atoms with E-state index in [2.05, 4.69) is 30.6 Å². The van der Waals surface area contributed by atoms with Crippen LogP contribution in [0, 0.1) is 28.6 Å². The van der Waals surface area contributed by atoms with Crippen LogP contribution in [0.2, 0.25) is 0 Å². The number of carbonyl (C=O) groups excluding carboxylic acids is 3. The zero-order chi connectivity index (χ0) is 51.1. The number of nitrogens with two attached hydrogens (primary N) is 2. The first-order valence-electron chi connectivity index (χ1n) is 25.2. The molecule has 3 aromatic rings. The highest BCUT2D eigenvalue weighted by Crippen LogP contribution is 2.70. The fraction of sp³-hybridized carbons (Fsp3) is 0.615. The summed E-state index contributed by atoms with van der Waals surface area (Å²) >= 11 is 3.49. The summed E-state index contributed by atoms with van der Waals surface area (Å²) in [5.41, 5.74) is 8.98. The smallest absolute Gasteiger partial charge is 0.326 e. The molecular formula is C52H72FN9O7S2. The number of benzene rings is 1. The van der Waals surface area contributed by atoms with Crippen molar-refractivity contribution in [1.82, 2.24) is 30.6 Å². The van der Waals surface area contributed by atoms with E-state index in [0.29, 0.717) is 72.5 Å². The van der Waals surface area contributed by atoms with Crippen molar-refractivity contribution in [2.24, 2.45) is 28.6 Å². The van der Waals surface area contributed by atoms with Crippen LogP contribution in [0.5, 0.6) is 0 Å². The number of nitrogens with one attached hydrogen (secondary N) is 2. The second-order valence-corrected chi connectivity index (χ2v) is 23.0. The number of alkyl halides is 1. The Kier molecular flexibility index (Phi) is 17.4. The number of anilines is 3. The largest absolute Gasteiger partial charge is 0.480 e. The summed E-state index contributed by atoms with van der Waals surface area (Å²) in [5, 5.41) is 39.3. The van der Waals surface area contributed by atoms with Gasteiger partial charge in [0.2, 0.25) is 5.95 Å². The molecule has 4 aliphatic carbocycles. The molecule has 4 aliphatic rings. The third-order valence-corrected chi connectivity index (χ3v) is 18.2. The summed E-state index contributed by atoms with van der Waals surface area (Å²) in [6.45, 7) is 6.33. The lowest BCUT2D eigenvalue weighted by Gasteiger charge is -2.62. The molecule has 7 rings (SSSR count). The van der Waals surface area contributed by atoms with Gasteiger partial charge in [0.05, 0.1) is 24.5 Å². The van der Waals surface area contributed by atoms with Gasteiger partial charge in [-0.3, -0.25) is 14.4 Å². The lowest BCUT2D eigenvalue weighted by Crippen LogP contribution is -2.70. The predicted octanol–water partition coefficient (Wildman–Crippen LogP) is 6.85. The average molecular weight is 1020 g/mol. The van der Waals surface area contributed by atoms with Gasteiger partial charge in [0, 0.05) is 47.3 Å². The molecule has 386 valence electrons. The van der Waals surface area contributed by atoms with Crippen LogP contribution in [0.1, 0.15) is 120 Å². The molecule has 9 N–H and O–H groups in total. The summed E-state index contributed by atoms with van der Waals surface area (Å²) in [6, 6.07) is 5.91. The number of allylic oxidation sites excluding steroid dienone is 4. The summed E-state index contributed by atoms with van der Waals surface area (Å²) < 4.78 is 17.5. The summed E-state index contributed by atoms with van der Waals surface area (Å²) in [7, 11) is 1.87. The molecule has 16 nitrogen and oxygen atoms in total. The molecular weight excluding hydrogens is 946 g/mol. The van der Waals surface area contributed by atoms with Gasteiger partial charge in [-0.05, 0) is 117 Å². The molecule has 1 aromatic carbocycles. The van der Waals surface area contributed by atoms with Gasteiger partial charge in [-0.25, -0.2) is 19.2 Å². The Morgan fingerprint density at radius 2 is 1.61 bits per heavy atom. The van der Waals surface area contributed by atoms with Gasteiger partial charge in [-0.15, -0.1) is 0 Å². The van der Waals surface area contributed by atoms with Gasteiger partial charge in [0.1, 0.15) is 6.04 Å². The molecule has 0 radical (unpaired) electrons. The zero-order valence-corrected chi connectivity index (χ0v) is 43.1. The summed E-state index contributed by atoms with van der Waals surface area (Å²) in [5.74, 6) is 0.112. The number of nitrogens with zero attached hydrogens (tertiary/aromatic N) is 5. The van der Waals surface area contributed by atoms with Gasteiger partial charge < -0.3 is 42.3 Å². The molecule has 3 saturated carbocycles. The number of carbonyl (C=O) groups is 4. The lowest BCUT2D eigenvalue weighted by molar-refractivity contribution is -0.219. The maximum Gasteiger partial charge on any atom is 0.326 e. The normalized spacial score (nSPS) is 28.1. The maximum atomic E-state index is 17.5. The molecule has 3 fully saturated rings. The van der Waals surface area contributed by atoms with E-state index in [1.54, 1.807) is 67.0 Å². The Morgan fingerprint density at radius 3 is 2.28 bits per heavy atom. The molecule has 2 aromatic heterocycles. The van der Waals surface area contributed by atoms with Crippen molar-refractivity contribution in [3.63, 3.8) is 0 Å². The number of aliphatic hydroxyl groups is 2. The number of thioether (sulfide) groups is 2. The van der Waals surface area contributed by atoms with Gasteiger partial charge in [-0.1, -0.05) is 64.0 Å². The number of carboxylic acid groups (broad SMARTS) is 1. The maximum absolute atomic E-state index is 17.5. The molecule has 0 bridgehead atoms. The quantitative estimate of drug-likeness (QED) is 0.0453. The Bertz CT molecular complexity index is 2480. The third kappa shape index (κ3) is 11.2. The number of carboxylic acids is 1. The first-order valence-corrected chi connectivity index (χ1v) is 27.5. The number of fused-ring (bicyclic) bond motifs is 6. The van der Waals surface area contributed by atoms with Crippen LogP contribution in [-0.2, 0) is 20.9 Å². The number of aliphatic carboxylic acids is 1. The average Bonchev–Trinajstić information content (AvgIpc) is 3.53. The zero-order valence-electron chi connectivity index (χ0n) is 41.5. The number of halogens is 1. The highest BCUT2D eigenvalue weighted by molar-refractivity contribution is 7.99.